The van der Waals surface area contributed by atoms with E-state index < -0.39 is 10.2 Å². The van der Waals surface area contributed by atoms with Gasteiger partial charge in [0.25, 0.3) is 0 Å². The van der Waals surface area contributed by atoms with Crippen molar-refractivity contribution in [3.8, 4) is 0 Å². The van der Waals surface area contributed by atoms with Gasteiger partial charge in [0.1, 0.15) is 0 Å². The van der Waals surface area contributed by atoms with Crippen molar-refractivity contribution in [3.63, 3.8) is 0 Å². The van der Waals surface area contributed by atoms with Crippen LogP contribution in [0.25, 0.3) is 0 Å². The maximum atomic E-state index is 8.25. The Bertz CT molecular complexity index is 73.7. The fourth-order valence-corrected chi connectivity index (χ4v) is 0. The molecule has 10 heteroatoms. The van der Waals surface area contributed by atoms with Gasteiger partial charge in [-0.3, -0.25) is 0 Å². The average molecular weight is 246 g/mol. The van der Waals surface area contributed by atoms with Crippen LogP contribution in [0.2, 0.25) is 0 Å². The second-order valence-corrected chi connectivity index (χ2v) is 0.447. The number of hydrogen-bond donors (Lipinski definition) is 0. The van der Waals surface area contributed by atoms with Gasteiger partial charge in [-0.1, -0.05) is 0 Å². The van der Waals surface area contributed by atoms with Crippen molar-refractivity contribution in [2.75, 3.05) is 0 Å². The van der Waals surface area contributed by atoms with Crippen LogP contribution in [0.4, 0.5) is 0 Å². The molecule has 0 unspecified atom stereocenters. The van der Waals surface area contributed by atoms with Gasteiger partial charge >= 0.3 is 17.1 Å². The summed E-state index contributed by atoms with van der Waals surface area (Å²) < 4.78 is 0. The normalized spacial score (nSPS) is 4.80. The van der Waals surface area contributed by atoms with Crippen molar-refractivity contribution >= 4 is 0 Å². The quantitative estimate of drug-likeness (QED) is 0.322. The Balaban J connectivity index is -0.0000000300. The molecule has 0 aliphatic carbocycles. The topological polar surface area (TPSA) is 132 Å². The number of hydrogen-bond acceptors (Lipinski definition) is 6. The molecule has 10 heavy (non-hydrogen) atoms. The fourth-order valence-electron chi connectivity index (χ4n) is 0. The third-order valence-electron chi connectivity index (χ3n) is 0. The van der Waals surface area contributed by atoms with Gasteiger partial charge in [0.2, 0.25) is 0 Å². The molecule has 0 aromatic heterocycles. The molecule has 0 aromatic carbocycles. The van der Waals surface area contributed by atoms with Crippen LogP contribution in [-0.4, -0.2) is 10.2 Å². The Morgan fingerprint density at radius 3 is 0.800 bits per heavy atom. The number of nitrogens with zero attached hydrogens (tertiary/aromatic N) is 2. The molecule has 67 valence electrons. The molecule has 8 nitrogen and oxygen atoms in total. The van der Waals surface area contributed by atoms with Crippen LogP contribution in [0.1, 0.15) is 0 Å². The molecule has 0 atom stereocenters. The molecule has 0 amide bonds. The summed E-state index contributed by atoms with van der Waals surface area (Å²) in [5.41, 5.74) is 0. The third-order valence-corrected chi connectivity index (χ3v) is 0. The summed E-state index contributed by atoms with van der Waals surface area (Å²) in [6.07, 6.45) is 0. The zero-order valence-electron chi connectivity index (χ0n) is 3.96. The second-order valence-electron chi connectivity index (χ2n) is 0.447. The molecule has 1 radical (unpaired) electrons. The SMILES string of the molecule is O=[N+]([O-])[O-].O=[N+]([O-])[O-].[Cu+2].[Ni]. The van der Waals surface area contributed by atoms with E-state index in [1.807, 2.05) is 0 Å². The first-order valence-electron chi connectivity index (χ1n) is 1.10. The minimum atomic E-state index is -1.75. The van der Waals surface area contributed by atoms with E-state index in [2.05, 4.69) is 0 Å². The Hall–Kier alpha value is -0.587. The van der Waals surface area contributed by atoms with Crippen LogP contribution in [0.15, 0.2) is 0 Å². The third kappa shape index (κ3) is 885. The van der Waals surface area contributed by atoms with Gasteiger partial charge in [-0.2, -0.15) is 0 Å². The average Bonchev–Trinajstić information content (AvgIpc) is 1.25. The summed E-state index contributed by atoms with van der Waals surface area (Å²) in [5, 5.41) is 29.5. The van der Waals surface area contributed by atoms with Crippen LogP contribution in [0.3, 0.4) is 0 Å². The molecule has 0 spiro atoms. The zero-order chi connectivity index (χ0) is 7.15. The molecule has 0 saturated heterocycles. The smallest absolute Gasteiger partial charge is 0.356 e. The van der Waals surface area contributed by atoms with E-state index >= 15 is 0 Å². The summed E-state index contributed by atoms with van der Waals surface area (Å²) >= 11 is 0. The molecule has 0 fully saturated rings. The van der Waals surface area contributed by atoms with Crippen LogP contribution >= 0.6 is 0 Å². The van der Waals surface area contributed by atoms with Crippen molar-refractivity contribution in [2.24, 2.45) is 0 Å². The van der Waals surface area contributed by atoms with Crippen LogP contribution in [-0.2, 0) is 33.6 Å². The second kappa shape index (κ2) is 15.8. The van der Waals surface area contributed by atoms with Crippen molar-refractivity contribution < 1.29 is 43.7 Å². The Kier molecular flexibility index (Phi) is 35.9. The molecule has 0 aliphatic heterocycles. The molecular weight excluding hydrogens is 246 g/mol. The molecule has 0 bridgehead atoms. The molecule has 0 N–H and O–H groups in total. The van der Waals surface area contributed by atoms with Crippen LogP contribution < -0.4 is 0 Å². The Labute approximate surface area is 74.8 Å². The minimum absolute atomic E-state index is 0. The van der Waals surface area contributed by atoms with E-state index in [9.17, 15) is 0 Å². The molecule has 0 rings (SSSR count). The summed E-state index contributed by atoms with van der Waals surface area (Å²) in [6.45, 7) is 0. The van der Waals surface area contributed by atoms with E-state index in [0.29, 0.717) is 0 Å². The molecule has 0 aromatic rings. The largest absolute Gasteiger partial charge is 2.00 e. The standard InChI is InChI=1S/Cu.2NO3.Ni/c;2*2-1(3)4;/q+2;2*-1;. The molecule has 0 heterocycles. The Morgan fingerprint density at radius 1 is 0.800 bits per heavy atom. The van der Waals surface area contributed by atoms with Gasteiger partial charge in [0, 0.05) is 16.5 Å². The van der Waals surface area contributed by atoms with Crippen LogP contribution in [0, 0.1) is 30.6 Å². The van der Waals surface area contributed by atoms with Crippen molar-refractivity contribution in [1.29, 1.82) is 0 Å². The van der Waals surface area contributed by atoms with E-state index in [0.717, 1.165) is 0 Å². The predicted octanol–water partition coefficient (Wildman–Crippen LogP) is -0.483. The van der Waals surface area contributed by atoms with Gasteiger partial charge < -0.3 is 30.6 Å². The van der Waals surface area contributed by atoms with E-state index in [1.165, 1.54) is 0 Å². The summed E-state index contributed by atoms with van der Waals surface area (Å²) in [5.74, 6) is 0. The van der Waals surface area contributed by atoms with Gasteiger partial charge in [-0.05, 0) is 0 Å². The maximum absolute atomic E-state index is 8.25. The van der Waals surface area contributed by atoms with Gasteiger partial charge in [0.05, 0.1) is 10.2 Å². The minimum Gasteiger partial charge on any atom is -0.356 e. The molecule has 0 saturated carbocycles. The number of rotatable bonds is 0. The maximum Gasteiger partial charge on any atom is 2.00 e. The zero-order valence-corrected chi connectivity index (χ0v) is 5.89. The monoisotopic (exact) mass is 245 g/mol. The summed E-state index contributed by atoms with van der Waals surface area (Å²) in [7, 11) is 0. The van der Waals surface area contributed by atoms with Crippen molar-refractivity contribution in [3.05, 3.63) is 30.6 Å². The van der Waals surface area contributed by atoms with Gasteiger partial charge in [-0.25, -0.2) is 0 Å². The molecule has 0 aliphatic rings. The predicted molar refractivity (Wildman–Crippen MR) is 20.7 cm³/mol. The first kappa shape index (κ1) is 22.7. The van der Waals surface area contributed by atoms with Crippen LogP contribution in [0.5, 0.6) is 0 Å². The Morgan fingerprint density at radius 2 is 0.800 bits per heavy atom. The van der Waals surface area contributed by atoms with Crippen molar-refractivity contribution in [2.45, 2.75) is 0 Å². The first-order chi connectivity index (χ1) is 3.46. The van der Waals surface area contributed by atoms with E-state index in [4.69, 9.17) is 30.6 Å². The van der Waals surface area contributed by atoms with E-state index in [1.54, 1.807) is 0 Å². The summed E-state index contributed by atoms with van der Waals surface area (Å²) in [6, 6.07) is 0. The van der Waals surface area contributed by atoms with Gasteiger partial charge in [-0.15, -0.1) is 0 Å². The first-order valence-corrected chi connectivity index (χ1v) is 1.10. The summed E-state index contributed by atoms with van der Waals surface area (Å²) in [4.78, 5) is 16.5. The molecular formula is CuN2NiO6. The van der Waals surface area contributed by atoms with E-state index in [-0.39, 0.29) is 33.6 Å². The fraction of sp³-hybridized carbons (Fsp3) is 0. The van der Waals surface area contributed by atoms with Crippen molar-refractivity contribution in [1.82, 2.24) is 0 Å². The van der Waals surface area contributed by atoms with Gasteiger partial charge in [0.15, 0.2) is 0 Å².